The van der Waals surface area contributed by atoms with Gasteiger partial charge in [-0.15, -0.1) is 0 Å². The molecule has 0 fully saturated rings. The van der Waals surface area contributed by atoms with Crippen molar-refractivity contribution in [3.8, 4) is 0 Å². The smallest absolute Gasteiger partial charge is 0.205 e. The fourth-order valence-corrected chi connectivity index (χ4v) is 3.39. The summed E-state index contributed by atoms with van der Waals surface area (Å²) in [6, 6.07) is 8.47. The molecule has 1 aliphatic rings. The Hall–Kier alpha value is -1.13. The van der Waals surface area contributed by atoms with Gasteiger partial charge in [0.25, 0.3) is 0 Å². The van der Waals surface area contributed by atoms with Crippen molar-refractivity contribution in [3.63, 3.8) is 0 Å². The molecule has 1 aromatic rings. The SMILES string of the molecule is CC1OCCC=C1S(=O)(=O)c1ccccc1. The normalized spacial score (nSPS) is 21.6. The summed E-state index contributed by atoms with van der Waals surface area (Å²) >= 11 is 0. The largest absolute Gasteiger partial charge is 0.373 e. The van der Waals surface area contributed by atoms with Gasteiger partial charge in [0.1, 0.15) is 0 Å². The third-order valence-electron chi connectivity index (χ3n) is 2.60. The molecule has 0 saturated carbocycles. The topological polar surface area (TPSA) is 43.4 Å². The van der Waals surface area contributed by atoms with E-state index in [0.717, 1.165) is 0 Å². The van der Waals surface area contributed by atoms with Crippen LogP contribution in [0.15, 0.2) is 46.2 Å². The quantitative estimate of drug-likeness (QED) is 0.793. The second-order valence-corrected chi connectivity index (χ2v) is 5.67. The Kier molecular flexibility index (Phi) is 3.12. The van der Waals surface area contributed by atoms with E-state index in [1.54, 1.807) is 43.3 Å². The molecule has 3 nitrogen and oxygen atoms in total. The fraction of sp³-hybridized carbons (Fsp3) is 0.333. The van der Waals surface area contributed by atoms with Gasteiger partial charge < -0.3 is 4.74 Å². The van der Waals surface area contributed by atoms with E-state index in [9.17, 15) is 8.42 Å². The molecule has 1 atom stereocenters. The lowest BCUT2D eigenvalue weighted by Gasteiger charge is -2.21. The lowest BCUT2D eigenvalue weighted by molar-refractivity contribution is 0.0887. The van der Waals surface area contributed by atoms with Gasteiger partial charge in [0.15, 0.2) is 0 Å². The van der Waals surface area contributed by atoms with Crippen molar-refractivity contribution in [2.75, 3.05) is 6.61 Å². The molecule has 1 unspecified atom stereocenters. The van der Waals surface area contributed by atoms with Gasteiger partial charge in [0, 0.05) is 0 Å². The number of benzene rings is 1. The van der Waals surface area contributed by atoms with Gasteiger partial charge in [0.2, 0.25) is 9.84 Å². The van der Waals surface area contributed by atoms with Crippen LogP contribution < -0.4 is 0 Å². The van der Waals surface area contributed by atoms with Crippen molar-refractivity contribution < 1.29 is 13.2 Å². The van der Waals surface area contributed by atoms with Crippen LogP contribution in [0.3, 0.4) is 0 Å². The highest BCUT2D eigenvalue weighted by atomic mass is 32.2. The lowest BCUT2D eigenvalue weighted by atomic mass is 10.2. The summed E-state index contributed by atoms with van der Waals surface area (Å²) in [6.07, 6.45) is 2.07. The Labute approximate surface area is 95.7 Å². The highest BCUT2D eigenvalue weighted by Crippen LogP contribution is 2.26. The Bertz CT molecular complexity index is 488. The van der Waals surface area contributed by atoms with E-state index < -0.39 is 9.84 Å². The molecule has 0 N–H and O–H groups in total. The molecule has 0 aliphatic carbocycles. The molecule has 0 aromatic heterocycles. The van der Waals surface area contributed by atoms with E-state index >= 15 is 0 Å². The first-order chi connectivity index (χ1) is 7.62. The van der Waals surface area contributed by atoms with Gasteiger partial charge in [-0.2, -0.15) is 0 Å². The molecular formula is C12H14O3S. The Morgan fingerprint density at radius 2 is 1.94 bits per heavy atom. The Balaban J connectivity index is 2.44. The molecule has 4 heteroatoms. The van der Waals surface area contributed by atoms with Crippen LogP contribution in [0.2, 0.25) is 0 Å². The molecule has 16 heavy (non-hydrogen) atoms. The fourth-order valence-electron chi connectivity index (χ4n) is 1.76. The van der Waals surface area contributed by atoms with E-state index in [-0.39, 0.29) is 6.10 Å². The number of sulfone groups is 1. The minimum absolute atomic E-state index is 0.332. The molecule has 0 radical (unpaired) electrons. The predicted molar refractivity (Wildman–Crippen MR) is 61.7 cm³/mol. The van der Waals surface area contributed by atoms with Crippen LogP contribution in [-0.4, -0.2) is 21.1 Å². The number of hydrogen-bond donors (Lipinski definition) is 0. The molecule has 0 spiro atoms. The summed E-state index contributed by atoms with van der Waals surface area (Å²) in [7, 11) is -3.38. The van der Waals surface area contributed by atoms with E-state index in [1.165, 1.54) is 0 Å². The van der Waals surface area contributed by atoms with Crippen molar-refractivity contribution in [1.82, 2.24) is 0 Å². The van der Waals surface area contributed by atoms with Crippen LogP contribution >= 0.6 is 0 Å². The van der Waals surface area contributed by atoms with Crippen LogP contribution in [0.25, 0.3) is 0 Å². The van der Waals surface area contributed by atoms with E-state index in [1.807, 2.05) is 0 Å². The molecule has 0 saturated heterocycles. The highest BCUT2D eigenvalue weighted by Gasteiger charge is 2.27. The molecule has 1 heterocycles. The monoisotopic (exact) mass is 238 g/mol. The molecule has 1 aliphatic heterocycles. The third-order valence-corrected chi connectivity index (χ3v) is 4.61. The average molecular weight is 238 g/mol. The van der Waals surface area contributed by atoms with Crippen LogP contribution in [0.5, 0.6) is 0 Å². The van der Waals surface area contributed by atoms with Gasteiger partial charge in [-0.25, -0.2) is 8.42 Å². The van der Waals surface area contributed by atoms with Crippen LogP contribution in [0.4, 0.5) is 0 Å². The van der Waals surface area contributed by atoms with Gasteiger partial charge in [0.05, 0.1) is 22.5 Å². The van der Waals surface area contributed by atoms with Gasteiger partial charge in [-0.1, -0.05) is 24.3 Å². The summed E-state index contributed by atoms with van der Waals surface area (Å²) in [5, 5.41) is 0. The van der Waals surface area contributed by atoms with Crippen molar-refractivity contribution in [3.05, 3.63) is 41.3 Å². The number of ether oxygens (including phenoxy) is 1. The number of hydrogen-bond acceptors (Lipinski definition) is 3. The first kappa shape index (κ1) is 11.4. The van der Waals surface area contributed by atoms with Crippen molar-refractivity contribution in [2.45, 2.75) is 24.3 Å². The first-order valence-corrected chi connectivity index (χ1v) is 6.72. The van der Waals surface area contributed by atoms with Crippen molar-refractivity contribution in [1.29, 1.82) is 0 Å². The Morgan fingerprint density at radius 1 is 1.25 bits per heavy atom. The summed E-state index contributed by atoms with van der Waals surface area (Å²) in [5.41, 5.74) is 0. The second kappa shape index (κ2) is 4.39. The third kappa shape index (κ3) is 2.03. The van der Waals surface area contributed by atoms with Crippen LogP contribution in [-0.2, 0) is 14.6 Å². The van der Waals surface area contributed by atoms with E-state index in [2.05, 4.69) is 0 Å². The molecule has 0 amide bonds. The van der Waals surface area contributed by atoms with Crippen molar-refractivity contribution in [2.24, 2.45) is 0 Å². The molecule has 1 aromatic carbocycles. The Morgan fingerprint density at radius 3 is 2.56 bits per heavy atom. The summed E-state index contributed by atoms with van der Waals surface area (Å²) in [5.74, 6) is 0. The summed E-state index contributed by atoms with van der Waals surface area (Å²) < 4.78 is 29.8. The maximum atomic E-state index is 12.2. The van der Waals surface area contributed by atoms with Gasteiger partial charge >= 0.3 is 0 Å². The number of rotatable bonds is 2. The molecule has 2 rings (SSSR count). The van der Waals surface area contributed by atoms with Crippen LogP contribution in [0.1, 0.15) is 13.3 Å². The highest BCUT2D eigenvalue weighted by molar-refractivity contribution is 7.95. The zero-order chi connectivity index (χ0) is 11.6. The summed E-state index contributed by atoms with van der Waals surface area (Å²) in [4.78, 5) is 0.712. The standard InChI is InChI=1S/C12H14O3S/c1-10-12(8-5-9-15-10)16(13,14)11-6-3-2-4-7-11/h2-4,6-8,10H,5,9H2,1H3. The van der Waals surface area contributed by atoms with Crippen molar-refractivity contribution >= 4 is 9.84 Å². The van der Waals surface area contributed by atoms with Gasteiger partial charge in [-0.3, -0.25) is 0 Å². The van der Waals surface area contributed by atoms with E-state index in [4.69, 9.17) is 4.74 Å². The maximum absolute atomic E-state index is 12.2. The molecular weight excluding hydrogens is 224 g/mol. The zero-order valence-corrected chi connectivity index (χ0v) is 9.91. The van der Waals surface area contributed by atoms with Gasteiger partial charge in [-0.05, 0) is 25.5 Å². The predicted octanol–water partition coefficient (Wildman–Crippen LogP) is 2.15. The zero-order valence-electron chi connectivity index (χ0n) is 9.09. The average Bonchev–Trinajstić information content (AvgIpc) is 2.30. The van der Waals surface area contributed by atoms with E-state index in [0.29, 0.717) is 22.8 Å². The lowest BCUT2D eigenvalue weighted by Crippen LogP contribution is -2.23. The maximum Gasteiger partial charge on any atom is 0.205 e. The molecule has 86 valence electrons. The first-order valence-electron chi connectivity index (χ1n) is 5.24. The molecule has 0 bridgehead atoms. The van der Waals surface area contributed by atoms with Crippen LogP contribution in [0, 0.1) is 0 Å². The minimum Gasteiger partial charge on any atom is -0.373 e. The summed E-state index contributed by atoms with van der Waals surface area (Å²) in [6.45, 7) is 2.36. The second-order valence-electron chi connectivity index (χ2n) is 3.72. The minimum atomic E-state index is -3.38.